The molecule has 0 saturated carbocycles. The van der Waals surface area contributed by atoms with Crippen molar-refractivity contribution in [2.45, 2.75) is 6.54 Å². The summed E-state index contributed by atoms with van der Waals surface area (Å²) in [6.07, 6.45) is 1.62. The Morgan fingerprint density at radius 2 is 1.81 bits per heavy atom. The minimum Gasteiger partial charge on any atom is -0.504 e. The first kappa shape index (κ1) is 21.1. The Labute approximate surface area is 192 Å². The summed E-state index contributed by atoms with van der Waals surface area (Å²) in [5.41, 5.74) is 3.60. The Kier molecular flexibility index (Phi) is 6.64. The van der Waals surface area contributed by atoms with Crippen LogP contribution in [0, 0.1) is 0 Å². The summed E-state index contributed by atoms with van der Waals surface area (Å²) >= 11 is 5.15. The van der Waals surface area contributed by atoms with Gasteiger partial charge in [0.1, 0.15) is 0 Å². The lowest BCUT2D eigenvalue weighted by atomic mass is 10.2. The number of nitrogens with zero attached hydrogens (tertiary/aromatic N) is 3. The van der Waals surface area contributed by atoms with Crippen LogP contribution in [0.1, 0.15) is 11.1 Å². The number of thiazole rings is 1. The SMILES string of the molecule is COc1cccc(C=Nn2c(-c3ccccc3Br)csc2=NCc2ccccc2)c1O. The zero-order valence-corrected chi connectivity index (χ0v) is 19.2. The molecular weight excluding hydrogens is 474 g/mol. The number of phenols is 1. The largest absolute Gasteiger partial charge is 0.504 e. The molecule has 4 rings (SSSR count). The number of halogens is 1. The molecule has 0 bridgehead atoms. The Balaban J connectivity index is 1.80. The second-order valence-corrected chi connectivity index (χ2v) is 8.33. The molecule has 0 saturated heterocycles. The molecule has 0 radical (unpaired) electrons. The highest BCUT2D eigenvalue weighted by molar-refractivity contribution is 9.10. The van der Waals surface area contributed by atoms with Gasteiger partial charge in [0.05, 0.1) is 25.6 Å². The maximum absolute atomic E-state index is 10.4. The van der Waals surface area contributed by atoms with Crippen LogP contribution in [-0.2, 0) is 6.54 Å². The van der Waals surface area contributed by atoms with Crippen molar-refractivity contribution in [2.75, 3.05) is 7.11 Å². The average Bonchev–Trinajstić information content (AvgIpc) is 3.20. The Bertz CT molecular complexity index is 1280. The van der Waals surface area contributed by atoms with Crippen LogP contribution in [0.15, 0.2) is 92.7 Å². The smallest absolute Gasteiger partial charge is 0.206 e. The molecule has 4 aromatic rings. The molecular formula is C24H20BrN3O2S. The predicted molar refractivity (Wildman–Crippen MR) is 129 cm³/mol. The van der Waals surface area contributed by atoms with E-state index >= 15 is 0 Å². The molecule has 3 aromatic carbocycles. The van der Waals surface area contributed by atoms with Crippen LogP contribution in [-0.4, -0.2) is 23.1 Å². The number of phenolic OH excluding ortho intramolecular Hbond substituents is 1. The fourth-order valence-corrected chi connectivity index (χ4v) is 4.36. The Hall–Kier alpha value is -3.16. The van der Waals surface area contributed by atoms with E-state index in [1.165, 1.54) is 18.4 Å². The third kappa shape index (κ3) is 4.78. The second-order valence-electron chi connectivity index (χ2n) is 6.64. The Morgan fingerprint density at radius 3 is 2.58 bits per heavy atom. The number of hydrogen-bond acceptors (Lipinski definition) is 5. The molecule has 31 heavy (non-hydrogen) atoms. The van der Waals surface area contributed by atoms with Gasteiger partial charge in [-0.1, -0.05) is 70.5 Å². The van der Waals surface area contributed by atoms with E-state index in [-0.39, 0.29) is 5.75 Å². The van der Waals surface area contributed by atoms with Gasteiger partial charge in [0, 0.05) is 21.0 Å². The van der Waals surface area contributed by atoms with E-state index in [0.717, 1.165) is 26.1 Å². The lowest BCUT2D eigenvalue weighted by molar-refractivity contribution is 0.373. The summed E-state index contributed by atoms with van der Waals surface area (Å²) < 4.78 is 7.97. The summed E-state index contributed by atoms with van der Waals surface area (Å²) in [7, 11) is 1.52. The first-order valence-electron chi connectivity index (χ1n) is 9.57. The first-order valence-corrected chi connectivity index (χ1v) is 11.2. The highest BCUT2D eigenvalue weighted by atomic mass is 79.9. The lowest BCUT2D eigenvalue weighted by Gasteiger charge is -2.07. The van der Waals surface area contributed by atoms with Crippen molar-refractivity contribution in [3.05, 3.63) is 98.6 Å². The summed E-state index contributed by atoms with van der Waals surface area (Å²) in [6, 6.07) is 23.4. The highest BCUT2D eigenvalue weighted by Crippen LogP contribution is 2.30. The van der Waals surface area contributed by atoms with Gasteiger partial charge in [-0.15, -0.1) is 11.3 Å². The predicted octanol–water partition coefficient (Wildman–Crippen LogP) is 5.68. The van der Waals surface area contributed by atoms with E-state index < -0.39 is 0 Å². The van der Waals surface area contributed by atoms with Crippen LogP contribution >= 0.6 is 27.3 Å². The Morgan fingerprint density at radius 1 is 1.03 bits per heavy atom. The second kappa shape index (κ2) is 9.76. The molecule has 0 aliphatic heterocycles. The number of para-hydroxylation sites is 1. The molecule has 0 spiro atoms. The lowest BCUT2D eigenvalue weighted by Crippen LogP contribution is -2.12. The molecule has 0 unspecified atom stereocenters. The van der Waals surface area contributed by atoms with Gasteiger partial charge in [-0.05, 0) is 23.8 Å². The molecule has 7 heteroatoms. The normalized spacial score (nSPS) is 11.9. The number of methoxy groups -OCH3 is 1. The van der Waals surface area contributed by atoms with Crippen LogP contribution in [0.25, 0.3) is 11.3 Å². The van der Waals surface area contributed by atoms with Gasteiger partial charge in [0.15, 0.2) is 11.5 Å². The van der Waals surface area contributed by atoms with Crippen molar-refractivity contribution in [3.8, 4) is 22.8 Å². The van der Waals surface area contributed by atoms with Crippen LogP contribution in [0.4, 0.5) is 0 Å². The van der Waals surface area contributed by atoms with Gasteiger partial charge in [0.2, 0.25) is 4.80 Å². The quantitative estimate of drug-likeness (QED) is 0.351. The molecule has 0 atom stereocenters. The van der Waals surface area contributed by atoms with E-state index in [4.69, 9.17) is 9.73 Å². The molecule has 156 valence electrons. The van der Waals surface area contributed by atoms with Crippen LogP contribution in [0.2, 0.25) is 0 Å². The third-order valence-electron chi connectivity index (χ3n) is 4.64. The third-order valence-corrected chi connectivity index (χ3v) is 6.18. The molecule has 0 amide bonds. The molecule has 5 nitrogen and oxygen atoms in total. The van der Waals surface area contributed by atoms with Crippen LogP contribution in [0.3, 0.4) is 0 Å². The van der Waals surface area contributed by atoms with Crippen molar-refractivity contribution in [2.24, 2.45) is 10.1 Å². The maximum atomic E-state index is 10.4. The van der Waals surface area contributed by atoms with Gasteiger partial charge < -0.3 is 9.84 Å². The van der Waals surface area contributed by atoms with Gasteiger partial charge >= 0.3 is 0 Å². The van der Waals surface area contributed by atoms with Crippen molar-refractivity contribution < 1.29 is 9.84 Å². The molecule has 0 aliphatic carbocycles. The molecule has 0 aliphatic rings. The van der Waals surface area contributed by atoms with Gasteiger partial charge in [0.25, 0.3) is 0 Å². The summed E-state index contributed by atoms with van der Waals surface area (Å²) in [4.78, 5) is 5.54. The number of ether oxygens (including phenoxy) is 1. The average molecular weight is 494 g/mol. The molecule has 1 aromatic heterocycles. The minimum absolute atomic E-state index is 0.0507. The molecule has 0 fully saturated rings. The number of aromatic hydroxyl groups is 1. The number of aromatic nitrogens is 1. The minimum atomic E-state index is 0.0507. The van der Waals surface area contributed by atoms with Crippen molar-refractivity contribution in [3.63, 3.8) is 0 Å². The monoisotopic (exact) mass is 493 g/mol. The van der Waals surface area contributed by atoms with Crippen LogP contribution in [0.5, 0.6) is 11.5 Å². The molecule has 1 heterocycles. The van der Waals surface area contributed by atoms with E-state index in [9.17, 15) is 5.11 Å². The first-order chi connectivity index (χ1) is 15.2. The van der Waals surface area contributed by atoms with Gasteiger partial charge in [-0.25, -0.2) is 4.68 Å². The van der Waals surface area contributed by atoms with E-state index in [1.54, 1.807) is 23.0 Å². The summed E-state index contributed by atoms with van der Waals surface area (Å²) in [6.45, 7) is 0.552. The maximum Gasteiger partial charge on any atom is 0.206 e. The van der Waals surface area contributed by atoms with Gasteiger partial charge in [-0.2, -0.15) is 5.10 Å². The van der Waals surface area contributed by atoms with Crippen LogP contribution < -0.4 is 9.54 Å². The zero-order valence-electron chi connectivity index (χ0n) is 16.8. The van der Waals surface area contributed by atoms with Crippen molar-refractivity contribution >= 4 is 33.5 Å². The van der Waals surface area contributed by atoms with E-state index in [2.05, 4.69) is 21.0 Å². The zero-order chi connectivity index (χ0) is 21.6. The fourth-order valence-electron chi connectivity index (χ4n) is 3.04. The van der Waals surface area contributed by atoms with E-state index in [0.29, 0.717) is 17.9 Å². The molecule has 1 N–H and O–H groups in total. The standard InChI is InChI=1S/C24H20BrN3O2S/c1-30-22-13-7-10-18(23(22)29)15-27-28-21(19-11-5-6-12-20(19)25)16-31-24(28)26-14-17-8-3-2-4-9-17/h2-13,15-16,29H,14H2,1H3. The fraction of sp³-hybridized carbons (Fsp3) is 0.0833. The number of hydrogen-bond donors (Lipinski definition) is 1. The summed E-state index contributed by atoms with van der Waals surface area (Å²) in [5, 5.41) is 17.1. The highest BCUT2D eigenvalue weighted by Gasteiger charge is 2.11. The van der Waals surface area contributed by atoms with E-state index in [1.807, 2.05) is 66.0 Å². The van der Waals surface area contributed by atoms with Gasteiger partial charge in [-0.3, -0.25) is 4.99 Å². The van der Waals surface area contributed by atoms with Crippen molar-refractivity contribution in [1.82, 2.24) is 4.68 Å². The summed E-state index contributed by atoms with van der Waals surface area (Å²) in [5.74, 6) is 0.453. The van der Waals surface area contributed by atoms with Crippen molar-refractivity contribution in [1.29, 1.82) is 0 Å². The number of benzene rings is 3. The number of rotatable bonds is 6. The topological polar surface area (TPSA) is 59.1 Å².